The summed E-state index contributed by atoms with van der Waals surface area (Å²) in [6, 6.07) is 11.7. The summed E-state index contributed by atoms with van der Waals surface area (Å²) in [5.74, 6) is -0.174. The van der Waals surface area contributed by atoms with Gasteiger partial charge in [-0.05, 0) is 36.8 Å². The maximum absolute atomic E-state index is 14.3. The van der Waals surface area contributed by atoms with Crippen LogP contribution < -0.4 is 10.2 Å². The van der Waals surface area contributed by atoms with E-state index in [1.54, 1.807) is 17.8 Å². The van der Waals surface area contributed by atoms with Crippen molar-refractivity contribution in [2.45, 2.75) is 16.7 Å². The van der Waals surface area contributed by atoms with Crippen LogP contribution in [0.3, 0.4) is 0 Å². The van der Waals surface area contributed by atoms with Crippen molar-refractivity contribution < 1.29 is 4.39 Å². The smallest absolute Gasteiger partial charge is 0.133 e. The van der Waals surface area contributed by atoms with Gasteiger partial charge in [-0.3, -0.25) is 0 Å². The van der Waals surface area contributed by atoms with Crippen LogP contribution in [-0.4, -0.2) is 31.2 Å². The second-order valence-electron chi connectivity index (χ2n) is 6.13. The second-order valence-corrected chi connectivity index (χ2v) is 7.21. The predicted octanol–water partition coefficient (Wildman–Crippen LogP) is 4.18. The number of halogens is 1. The molecule has 0 saturated carbocycles. The Kier molecular flexibility index (Phi) is 4.21. The maximum Gasteiger partial charge on any atom is 0.133 e. The molecular formula is C19H20FN3S. The number of aryl methyl sites for hydroxylation is 1. The third-order valence-electron chi connectivity index (χ3n) is 4.41. The van der Waals surface area contributed by atoms with Crippen LogP contribution in [-0.2, 0) is 0 Å². The number of piperazine rings is 1. The fourth-order valence-corrected chi connectivity index (χ4v) is 4.27. The number of aromatic amines is 1. The van der Waals surface area contributed by atoms with E-state index >= 15 is 0 Å². The summed E-state index contributed by atoms with van der Waals surface area (Å²) in [5.41, 5.74) is 3.33. The lowest BCUT2D eigenvalue weighted by atomic mass is 10.2. The van der Waals surface area contributed by atoms with Crippen molar-refractivity contribution in [1.29, 1.82) is 0 Å². The molecule has 2 aromatic carbocycles. The van der Waals surface area contributed by atoms with Crippen LogP contribution in [0.1, 0.15) is 5.56 Å². The highest BCUT2D eigenvalue weighted by molar-refractivity contribution is 7.99. The summed E-state index contributed by atoms with van der Waals surface area (Å²) in [6.07, 6.45) is 1.90. The third-order valence-corrected chi connectivity index (χ3v) is 5.52. The van der Waals surface area contributed by atoms with Crippen LogP contribution in [0.4, 0.5) is 10.1 Å². The normalized spacial score (nSPS) is 15.2. The van der Waals surface area contributed by atoms with Gasteiger partial charge in [0.1, 0.15) is 5.82 Å². The first kappa shape index (κ1) is 15.5. The molecule has 1 aliphatic rings. The molecule has 2 N–H and O–H groups in total. The average Bonchev–Trinajstić information content (AvgIpc) is 3.02. The maximum atomic E-state index is 14.3. The highest BCUT2D eigenvalue weighted by Gasteiger charge is 2.17. The van der Waals surface area contributed by atoms with E-state index in [0.29, 0.717) is 5.39 Å². The lowest BCUT2D eigenvalue weighted by Crippen LogP contribution is -2.43. The Morgan fingerprint density at radius 1 is 1.08 bits per heavy atom. The molecule has 0 aliphatic carbocycles. The van der Waals surface area contributed by atoms with Crippen molar-refractivity contribution in [3.8, 4) is 0 Å². The van der Waals surface area contributed by atoms with Crippen molar-refractivity contribution in [3.63, 3.8) is 0 Å². The van der Waals surface area contributed by atoms with Crippen molar-refractivity contribution in [1.82, 2.24) is 10.3 Å². The van der Waals surface area contributed by atoms with E-state index in [9.17, 15) is 4.39 Å². The number of hydrogen-bond donors (Lipinski definition) is 2. The molecule has 0 unspecified atom stereocenters. The number of H-pyrrole nitrogens is 1. The van der Waals surface area contributed by atoms with E-state index in [4.69, 9.17) is 0 Å². The van der Waals surface area contributed by atoms with Crippen molar-refractivity contribution in [3.05, 3.63) is 54.0 Å². The Labute approximate surface area is 145 Å². The zero-order valence-electron chi connectivity index (χ0n) is 13.6. The number of rotatable bonds is 3. The minimum Gasteiger partial charge on any atom is -0.368 e. The lowest BCUT2D eigenvalue weighted by molar-refractivity contribution is 0.587. The first-order valence-corrected chi connectivity index (χ1v) is 9.04. The first-order valence-electron chi connectivity index (χ1n) is 8.22. The third kappa shape index (κ3) is 2.89. The summed E-state index contributed by atoms with van der Waals surface area (Å²) in [4.78, 5) is 7.70. The van der Waals surface area contributed by atoms with Crippen LogP contribution >= 0.6 is 11.8 Å². The molecule has 1 aromatic heterocycles. The fourth-order valence-electron chi connectivity index (χ4n) is 3.18. The number of anilines is 1. The molecule has 4 rings (SSSR count). The number of hydrogen-bond acceptors (Lipinski definition) is 3. The van der Waals surface area contributed by atoms with E-state index < -0.39 is 0 Å². The highest BCUT2D eigenvalue weighted by atomic mass is 32.2. The van der Waals surface area contributed by atoms with Gasteiger partial charge in [-0.1, -0.05) is 23.9 Å². The summed E-state index contributed by atoms with van der Waals surface area (Å²) in [6.45, 7) is 6.11. The van der Waals surface area contributed by atoms with Gasteiger partial charge in [-0.25, -0.2) is 4.39 Å². The second kappa shape index (κ2) is 6.49. The minimum absolute atomic E-state index is 0.174. The van der Waals surface area contributed by atoms with Gasteiger partial charge in [0.15, 0.2) is 0 Å². The van der Waals surface area contributed by atoms with Crippen LogP contribution in [0.5, 0.6) is 0 Å². The zero-order valence-corrected chi connectivity index (χ0v) is 14.4. The molecule has 24 heavy (non-hydrogen) atoms. The van der Waals surface area contributed by atoms with Crippen LogP contribution in [0.2, 0.25) is 0 Å². The molecule has 0 bridgehead atoms. The Morgan fingerprint density at radius 3 is 2.75 bits per heavy atom. The fraction of sp³-hybridized carbons (Fsp3) is 0.263. The standard InChI is InChI=1S/C19H20FN3S/c1-13-5-6-17(16(11-13)23-9-7-21-8-10-23)24-18-12-22-15-4-2-3-14(20)19(15)18/h2-6,11-12,21-22H,7-10H2,1H3. The van der Waals surface area contributed by atoms with Gasteiger partial charge in [-0.15, -0.1) is 0 Å². The largest absolute Gasteiger partial charge is 0.368 e. The van der Waals surface area contributed by atoms with Gasteiger partial charge in [0, 0.05) is 53.1 Å². The summed E-state index contributed by atoms with van der Waals surface area (Å²) >= 11 is 1.63. The first-order chi connectivity index (χ1) is 11.7. The number of fused-ring (bicyclic) bond motifs is 1. The van der Waals surface area contributed by atoms with E-state index in [-0.39, 0.29) is 5.82 Å². The topological polar surface area (TPSA) is 31.1 Å². The van der Waals surface area contributed by atoms with E-state index in [0.717, 1.165) is 36.6 Å². The monoisotopic (exact) mass is 341 g/mol. The van der Waals surface area contributed by atoms with Gasteiger partial charge in [-0.2, -0.15) is 0 Å². The number of aromatic nitrogens is 1. The van der Waals surface area contributed by atoms with Gasteiger partial charge in [0.25, 0.3) is 0 Å². The molecule has 3 nitrogen and oxygen atoms in total. The molecule has 1 saturated heterocycles. The number of benzene rings is 2. The van der Waals surface area contributed by atoms with Crippen molar-refractivity contribution in [2.24, 2.45) is 0 Å². The van der Waals surface area contributed by atoms with Gasteiger partial charge < -0.3 is 15.2 Å². The number of nitrogens with one attached hydrogen (secondary N) is 2. The Morgan fingerprint density at radius 2 is 1.92 bits per heavy atom. The molecule has 2 heterocycles. The Hall–Kier alpha value is -1.98. The van der Waals surface area contributed by atoms with Crippen LogP contribution in [0.25, 0.3) is 10.9 Å². The molecule has 0 spiro atoms. The van der Waals surface area contributed by atoms with Crippen molar-refractivity contribution in [2.75, 3.05) is 31.1 Å². The predicted molar refractivity (Wildman–Crippen MR) is 98.6 cm³/mol. The molecular weight excluding hydrogens is 321 g/mol. The molecule has 0 amide bonds. The van der Waals surface area contributed by atoms with Gasteiger partial charge in [0.05, 0.1) is 5.69 Å². The van der Waals surface area contributed by atoms with E-state index in [1.807, 2.05) is 12.3 Å². The Bertz CT molecular complexity index is 868. The van der Waals surface area contributed by atoms with Crippen LogP contribution in [0.15, 0.2) is 52.4 Å². The summed E-state index contributed by atoms with van der Waals surface area (Å²) < 4.78 is 14.3. The van der Waals surface area contributed by atoms with Gasteiger partial charge >= 0.3 is 0 Å². The van der Waals surface area contributed by atoms with Crippen molar-refractivity contribution >= 4 is 28.4 Å². The zero-order chi connectivity index (χ0) is 16.5. The molecule has 1 fully saturated rings. The average molecular weight is 341 g/mol. The molecule has 0 radical (unpaired) electrons. The van der Waals surface area contributed by atoms with Gasteiger partial charge in [0.2, 0.25) is 0 Å². The molecule has 5 heteroatoms. The van der Waals surface area contributed by atoms with E-state index in [1.165, 1.54) is 22.2 Å². The Balaban J connectivity index is 1.73. The van der Waals surface area contributed by atoms with Crippen LogP contribution in [0, 0.1) is 12.7 Å². The SMILES string of the molecule is Cc1ccc(Sc2c[nH]c3cccc(F)c23)c(N2CCNCC2)c1. The van der Waals surface area contributed by atoms with E-state index in [2.05, 4.69) is 40.3 Å². The highest BCUT2D eigenvalue weighted by Crippen LogP contribution is 2.40. The minimum atomic E-state index is -0.174. The summed E-state index contributed by atoms with van der Waals surface area (Å²) in [5, 5.41) is 4.07. The quantitative estimate of drug-likeness (QED) is 0.749. The summed E-state index contributed by atoms with van der Waals surface area (Å²) in [7, 11) is 0. The molecule has 1 aliphatic heterocycles. The lowest BCUT2D eigenvalue weighted by Gasteiger charge is -2.31. The number of nitrogens with zero attached hydrogens (tertiary/aromatic N) is 1. The molecule has 0 atom stereocenters. The molecule has 124 valence electrons. The molecule has 3 aromatic rings.